The van der Waals surface area contributed by atoms with Crippen molar-refractivity contribution in [3.8, 4) is 0 Å². The van der Waals surface area contributed by atoms with E-state index in [1.54, 1.807) is 0 Å². The molecule has 0 radical (unpaired) electrons. The van der Waals surface area contributed by atoms with Crippen LogP contribution in [0.4, 0.5) is 0 Å². The van der Waals surface area contributed by atoms with Gasteiger partial charge in [0.05, 0.1) is 6.04 Å². The molecule has 1 aromatic carbocycles. The topological polar surface area (TPSA) is 70.4 Å². The maximum Gasteiger partial charge on any atom is 0.192 e. The molecule has 172 valence electrons. The first-order chi connectivity index (χ1) is 14.4. The minimum Gasteiger partial charge on any atom is -0.355 e. The van der Waals surface area contributed by atoms with E-state index in [1.165, 1.54) is 37.9 Å². The summed E-state index contributed by atoms with van der Waals surface area (Å²) in [6.45, 7) is 12.4. The second kappa shape index (κ2) is 11.8. The summed E-state index contributed by atoms with van der Waals surface area (Å²) in [5.41, 5.74) is 1.30. The fraction of sp³-hybridized carbons (Fsp3) is 0.609. The molecule has 2 N–H and O–H groups in total. The summed E-state index contributed by atoms with van der Waals surface area (Å²) in [5.74, 6) is 2.56. The van der Waals surface area contributed by atoms with Crippen molar-refractivity contribution in [2.75, 3.05) is 19.6 Å². The Kier molecular flexibility index (Phi) is 9.74. The third-order valence-corrected chi connectivity index (χ3v) is 6.11. The lowest BCUT2D eigenvalue weighted by Crippen LogP contribution is -2.55. The number of nitrogens with zero attached hydrogens (tertiary/aromatic N) is 5. The van der Waals surface area contributed by atoms with E-state index in [0.29, 0.717) is 6.54 Å². The van der Waals surface area contributed by atoms with Crippen LogP contribution in [0.25, 0.3) is 0 Å². The molecule has 1 unspecified atom stereocenters. The van der Waals surface area contributed by atoms with E-state index < -0.39 is 0 Å². The molecule has 31 heavy (non-hydrogen) atoms. The molecule has 1 fully saturated rings. The number of benzene rings is 1. The molecular weight excluding hydrogens is 501 g/mol. The third-order valence-electron chi connectivity index (χ3n) is 6.11. The van der Waals surface area contributed by atoms with Crippen LogP contribution in [0.1, 0.15) is 63.3 Å². The zero-order chi connectivity index (χ0) is 21.6. The van der Waals surface area contributed by atoms with Crippen molar-refractivity contribution in [1.29, 1.82) is 0 Å². The normalized spacial score (nSPS) is 16.5. The Morgan fingerprint density at radius 2 is 1.81 bits per heavy atom. The highest BCUT2D eigenvalue weighted by Crippen LogP contribution is 2.20. The van der Waals surface area contributed by atoms with Gasteiger partial charge >= 0.3 is 0 Å². The van der Waals surface area contributed by atoms with Gasteiger partial charge in [0.15, 0.2) is 11.8 Å². The number of rotatable bonds is 7. The number of hydrogen-bond acceptors (Lipinski definition) is 4. The lowest BCUT2D eigenvalue weighted by atomic mass is 9.98. The zero-order valence-corrected chi connectivity index (χ0v) is 21.9. The second-order valence-electron chi connectivity index (χ2n) is 8.88. The van der Waals surface area contributed by atoms with Gasteiger partial charge in [-0.05, 0) is 59.2 Å². The fourth-order valence-corrected chi connectivity index (χ4v) is 3.83. The molecule has 0 spiro atoms. The minimum atomic E-state index is 0. The maximum atomic E-state index is 4.83. The summed E-state index contributed by atoms with van der Waals surface area (Å²) in [6, 6.07) is 10.6. The molecule has 1 aromatic heterocycles. The molecule has 0 amide bonds. The van der Waals surface area contributed by atoms with Crippen LogP contribution in [0, 0.1) is 6.92 Å². The van der Waals surface area contributed by atoms with E-state index >= 15 is 0 Å². The molecule has 7 nitrogen and oxygen atoms in total. The highest BCUT2D eigenvalue weighted by molar-refractivity contribution is 14.0. The Hall–Kier alpha value is -1.68. The van der Waals surface area contributed by atoms with Crippen LogP contribution in [0.3, 0.4) is 0 Å². The van der Waals surface area contributed by atoms with Crippen molar-refractivity contribution >= 4 is 29.9 Å². The third kappa shape index (κ3) is 7.17. The Bertz CT molecular complexity index is 826. The summed E-state index contributed by atoms with van der Waals surface area (Å²) in [6.07, 6.45) is 3.93. The molecule has 1 aliphatic rings. The van der Waals surface area contributed by atoms with Gasteiger partial charge < -0.3 is 15.2 Å². The van der Waals surface area contributed by atoms with Gasteiger partial charge in [0.25, 0.3) is 0 Å². The molecule has 0 bridgehead atoms. The van der Waals surface area contributed by atoms with Gasteiger partial charge in [-0.25, -0.2) is 4.99 Å². The fourth-order valence-electron chi connectivity index (χ4n) is 3.83. The van der Waals surface area contributed by atoms with Crippen LogP contribution in [0.5, 0.6) is 0 Å². The maximum absolute atomic E-state index is 4.83. The van der Waals surface area contributed by atoms with Crippen molar-refractivity contribution < 1.29 is 0 Å². The van der Waals surface area contributed by atoms with Gasteiger partial charge in [0.1, 0.15) is 12.4 Å². The number of aryl methyl sites for hydroxylation is 1. The van der Waals surface area contributed by atoms with Gasteiger partial charge in [0, 0.05) is 19.1 Å². The van der Waals surface area contributed by atoms with E-state index in [0.717, 1.165) is 24.2 Å². The molecule has 1 atom stereocenters. The number of aliphatic imine (C=N–C) groups is 1. The minimum absolute atomic E-state index is 0. The van der Waals surface area contributed by atoms with E-state index in [9.17, 15) is 0 Å². The first-order valence-electron chi connectivity index (χ1n) is 11.1. The average molecular weight is 540 g/mol. The number of likely N-dealkylation sites (tertiary alicyclic amines) is 1. The van der Waals surface area contributed by atoms with Crippen LogP contribution >= 0.6 is 24.0 Å². The van der Waals surface area contributed by atoms with Crippen molar-refractivity contribution in [3.05, 3.63) is 47.5 Å². The number of halogens is 1. The zero-order valence-electron chi connectivity index (χ0n) is 19.6. The van der Waals surface area contributed by atoms with Crippen molar-refractivity contribution in [3.63, 3.8) is 0 Å². The predicted molar refractivity (Wildman–Crippen MR) is 138 cm³/mol. The molecule has 2 heterocycles. The summed E-state index contributed by atoms with van der Waals surface area (Å²) >= 11 is 0. The highest BCUT2D eigenvalue weighted by atomic mass is 127. The summed E-state index contributed by atoms with van der Waals surface area (Å²) in [5, 5.41) is 15.6. The number of hydrogen-bond donors (Lipinski definition) is 2. The van der Waals surface area contributed by atoms with Gasteiger partial charge in [-0.3, -0.25) is 4.90 Å². The van der Waals surface area contributed by atoms with Gasteiger partial charge in [-0.15, -0.1) is 34.2 Å². The molecule has 0 aliphatic carbocycles. The lowest BCUT2D eigenvalue weighted by molar-refractivity contribution is 0.0982. The van der Waals surface area contributed by atoms with E-state index in [4.69, 9.17) is 4.99 Å². The molecule has 1 saturated heterocycles. The standard InChI is InChI=1S/C23H37N7.HI/c1-18(20-12-8-6-9-13-20)26-22(24-16-21-28-27-19(2)29(21)5)25-17-23(3,4)30-14-10-7-11-15-30;/h6,8-9,12-13,18H,7,10-11,14-17H2,1-5H3,(H2,24,25,26);1H. The van der Waals surface area contributed by atoms with Gasteiger partial charge in [-0.2, -0.15) is 0 Å². The lowest BCUT2D eigenvalue weighted by Gasteiger charge is -2.41. The number of aromatic nitrogens is 3. The van der Waals surface area contributed by atoms with Crippen LogP contribution in [-0.2, 0) is 13.6 Å². The summed E-state index contributed by atoms with van der Waals surface area (Å²) in [7, 11) is 1.98. The predicted octanol–water partition coefficient (Wildman–Crippen LogP) is 3.80. The van der Waals surface area contributed by atoms with Crippen LogP contribution in [0.2, 0.25) is 0 Å². The summed E-state index contributed by atoms with van der Waals surface area (Å²) in [4.78, 5) is 7.43. The highest BCUT2D eigenvalue weighted by Gasteiger charge is 2.28. The number of piperidine rings is 1. The van der Waals surface area contributed by atoms with E-state index in [-0.39, 0.29) is 35.6 Å². The van der Waals surface area contributed by atoms with Crippen LogP contribution in [-0.4, -0.2) is 50.8 Å². The Morgan fingerprint density at radius 1 is 1.13 bits per heavy atom. The molecule has 2 aromatic rings. The van der Waals surface area contributed by atoms with E-state index in [1.807, 2.05) is 24.6 Å². The number of nitrogens with one attached hydrogen (secondary N) is 2. The van der Waals surface area contributed by atoms with Gasteiger partial charge in [-0.1, -0.05) is 36.8 Å². The Balaban J connectivity index is 0.00000341. The van der Waals surface area contributed by atoms with Crippen molar-refractivity contribution in [2.24, 2.45) is 12.0 Å². The SMILES string of the molecule is Cc1nnc(CN=C(NCC(C)(C)N2CCCCC2)NC(C)c2ccccc2)n1C.I. The average Bonchev–Trinajstić information content (AvgIpc) is 3.09. The van der Waals surface area contributed by atoms with E-state index in [2.05, 4.69) is 70.8 Å². The monoisotopic (exact) mass is 539 g/mol. The van der Waals surface area contributed by atoms with Crippen LogP contribution in [0.15, 0.2) is 35.3 Å². The smallest absolute Gasteiger partial charge is 0.192 e. The largest absolute Gasteiger partial charge is 0.355 e. The Morgan fingerprint density at radius 3 is 2.42 bits per heavy atom. The molecular formula is C23H38IN7. The van der Waals surface area contributed by atoms with Crippen LogP contribution < -0.4 is 10.6 Å². The second-order valence-corrected chi connectivity index (χ2v) is 8.88. The molecule has 3 rings (SSSR count). The summed E-state index contributed by atoms with van der Waals surface area (Å²) < 4.78 is 1.99. The van der Waals surface area contributed by atoms with Gasteiger partial charge in [0.2, 0.25) is 0 Å². The molecule has 8 heteroatoms. The molecule has 1 aliphatic heterocycles. The Labute approximate surface area is 204 Å². The van der Waals surface area contributed by atoms with Crippen molar-refractivity contribution in [1.82, 2.24) is 30.3 Å². The quantitative estimate of drug-likeness (QED) is 0.318. The first kappa shape index (κ1) is 25.6. The molecule has 0 saturated carbocycles. The first-order valence-corrected chi connectivity index (χ1v) is 11.1. The van der Waals surface area contributed by atoms with Crippen molar-refractivity contribution in [2.45, 2.75) is 65.1 Å². The number of guanidine groups is 1.